The van der Waals surface area contributed by atoms with E-state index in [0.29, 0.717) is 0 Å². The minimum absolute atomic E-state index is 0.00148. The minimum atomic E-state index is -2.01. The predicted octanol–water partition coefficient (Wildman–Crippen LogP) is 7.61. The summed E-state index contributed by atoms with van der Waals surface area (Å²) in [5.74, 6) is 1.45. The summed E-state index contributed by atoms with van der Waals surface area (Å²) in [7, 11) is 1.35. The summed E-state index contributed by atoms with van der Waals surface area (Å²) in [5, 5.41) is 0.128. The molecule has 0 aromatic heterocycles. The van der Waals surface area contributed by atoms with Gasteiger partial charge in [0.15, 0.2) is 19.8 Å². The highest BCUT2D eigenvalue weighted by Gasteiger charge is 2.42. The largest absolute Gasteiger partial charge is 0.493 e. The van der Waals surface area contributed by atoms with Gasteiger partial charge in [0.2, 0.25) is 0 Å². The van der Waals surface area contributed by atoms with Gasteiger partial charge in [0.25, 0.3) is 0 Å². The summed E-state index contributed by atoms with van der Waals surface area (Å²) >= 11 is 0. The van der Waals surface area contributed by atoms with Gasteiger partial charge >= 0.3 is 0 Å². The number of hydrogen-bond donors (Lipinski definition) is 0. The quantitative estimate of drug-likeness (QED) is 0.346. The molecule has 1 atom stereocenters. The summed E-state index contributed by atoms with van der Waals surface area (Å²) in [6.07, 6.45) is 0.892. The van der Waals surface area contributed by atoms with Gasteiger partial charge in [-0.2, -0.15) is 0 Å². The Hall–Kier alpha value is -2.82. The molecule has 0 radical (unpaired) electrons. The average molecular weight is 473 g/mol. The van der Waals surface area contributed by atoms with Crippen LogP contribution in [0, 0.1) is 0 Å². The van der Waals surface area contributed by atoms with Crippen LogP contribution in [0.3, 0.4) is 0 Å². The zero-order chi connectivity index (χ0) is 24.5. The van der Waals surface area contributed by atoms with Crippen LogP contribution in [0.15, 0.2) is 72.8 Å². The van der Waals surface area contributed by atoms with Crippen molar-refractivity contribution in [3.8, 4) is 11.5 Å². The van der Waals surface area contributed by atoms with Crippen molar-refractivity contribution < 1.29 is 13.9 Å². The van der Waals surface area contributed by atoms with Gasteiger partial charge in [0.1, 0.15) is 0 Å². The second-order valence-corrected chi connectivity index (χ2v) is 15.2. The molecule has 4 rings (SSSR count). The lowest BCUT2D eigenvalue weighted by atomic mass is 9.89. The molecular weight excluding hydrogens is 436 g/mol. The predicted molar refractivity (Wildman–Crippen MR) is 144 cm³/mol. The van der Waals surface area contributed by atoms with Crippen LogP contribution in [0.2, 0.25) is 18.1 Å². The number of benzene rings is 3. The van der Waals surface area contributed by atoms with Gasteiger partial charge in [-0.1, -0.05) is 81.4 Å². The summed E-state index contributed by atoms with van der Waals surface area (Å²) in [4.78, 5) is 0. The molecule has 0 amide bonds. The van der Waals surface area contributed by atoms with Crippen molar-refractivity contribution in [1.29, 1.82) is 0 Å². The molecule has 0 fully saturated rings. The van der Waals surface area contributed by atoms with E-state index in [-0.39, 0.29) is 11.1 Å². The van der Waals surface area contributed by atoms with Crippen LogP contribution >= 0.6 is 0 Å². The van der Waals surface area contributed by atoms with Crippen LogP contribution in [0.1, 0.15) is 43.0 Å². The highest BCUT2D eigenvalue weighted by molar-refractivity contribution is 6.74. The Labute approximate surface area is 205 Å². The van der Waals surface area contributed by atoms with E-state index in [1.807, 2.05) is 6.07 Å². The molecule has 0 spiro atoms. The second-order valence-electron chi connectivity index (χ2n) is 10.5. The van der Waals surface area contributed by atoms with E-state index in [0.717, 1.165) is 23.5 Å². The molecule has 3 aromatic rings. The normalized spacial score (nSPS) is 17.3. The molecule has 1 aliphatic carbocycles. The van der Waals surface area contributed by atoms with E-state index in [2.05, 4.69) is 101 Å². The molecule has 0 saturated heterocycles. The van der Waals surface area contributed by atoms with Crippen LogP contribution in [0.5, 0.6) is 11.5 Å². The van der Waals surface area contributed by atoms with Crippen molar-refractivity contribution in [3.05, 3.63) is 95.1 Å². The van der Waals surface area contributed by atoms with E-state index < -0.39 is 8.32 Å². The van der Waals surface area contributed by atoms with Gasteiger partial charge in [-0.25, -0.2) is 0 Å². The van der Waals surface area contributed by atoms with Gasteiger partial charge in [-0.3, -0.25) is 0 Å². The highest BCUT2D eigenvalue weighted by Crippen LogP contribution is 2.47. The van der Waals surface area contributed by atoms with E-state index in [9.17, 15) is 0 Å². The molecule has 178 valence electrons. The van der Waals surface area contributed by atoms with E-state index in [4.69, 9.17) is 13.9 Å². The first-order chi connectivity index (χ1) is 16.2. The Morgan fingerprint density at radius 1 is 0.794 bits per heavy atom. The summed E-state index contributed by atoms with van der Waals surface area (Å²) < 4.78 is 18.3. The molecule has 3 nitrogen and oxygen atoms in total. The zero-order valence-corrected chi connectivity index (χ0v) is 22.4. The number of hydrogen-bond acceptors (Lipinski definition) is 3. The van der Waals surface area contributed by atoms with Crippen molar-refractivity contribution in [2.24, 2.45) is 0 Å². The van der Waals surface area contributed by atoms with Crippen molar-refractivity contribution in [1.82, 2.24) is 0 Å². The number of rotatable bonds is 6. The molecule has 0 saturated carbocycles. The lowest BCUT2D eigenvalue weighted by Gasteiger charge is -2.39. The number of fused-ring (bicyclic) bond motifs is 1. The van der Waals surface area contributed by atoms with Crippen molar-refractivity contribution in [3.63, 3.8) is 0 Å². The Morgan fingerprint density at radius 3 is 2.09 bits per heavy atom. The third kappa shape index (κ3) is 4.57. The molecular formula is C30H36O3Si. The average Bonchev–Trinajstić information content (AvgIpc) is 3.16. The SMILES string of the molecule is COc1ccc(/C(=C2/c3ccccc3CC2O[Si](C)(C)C(C)(C)C)c2ccccc2)cc1OC. The van der Waals surface area contributed by atoms with Crippen molar-refractivity contribution in [2.45, 2.75) is 51.4 Å². The fraction of sp³-hybridized carbons (Fsp3) is 0.333. The van der Waals surface area contributed by atoms with E-state index in [1.165, 1.54) is 27.8 Å². The van der Waals surface area contributed by atoms with E-state index >= 15 is 0 Å². The molecule has 4 heteroatoms. The van der Waals surface area contributed by atoms with Gasteiger partial charge < -0.3 is 13.9 Å². The third-order valence-corrected chi connectivity index (χ3v) is 11.8. The van der Waals surface area contributed by atoms with E-state index in [1.54, 1.807) is 14.2 Å². The molecule has 1 unspecified atom stereocenters. The topological polar surface area (TPSA) is 27.7 Å². The van der Waals surface area contributed by atoms with Gasteiger partial charge in [-0.15, -0.1) is 0 Å². The first-order valence-electron chi connectivity index (χ1n) is 11.9. The first kappa shape index (κ1) is 24.3. The maximum absolute atomic E-state index is 7.11. The van der Waals surface area contributed by atoms with Crippen molar-refractivity contribution >= 4 is 19.5 Å². The Morgan fingerprint density at radius 2 is 1.44 bits per heavy atom. The first-order valence-corrected chi connectivity index (χ1v) is 14.8. The Balaban J connectivity index is 1.99. The zero-order valence-electron chi connectivity index (χ0n) is 21.4. The molecule has 3 aromatic carbocycles. The van der Waals surface area contributed by atoms with Crippen LogP contribution < -0.4 is 9.47 Å². The lowest BCUT2D eigenvalue weighted by molar-refractivity contribution is 0.239. The smallest absolute Gasteiger partial charge is 0.192 e. The molecule has 0 N–H and O–H groups in total. The van der Waals surface area contributed by atoms with Crippen LogP contribution in [-0.4, -0.2) is 28.6 Å². The van der Waals surface area contributed by atoms with Gasteiger partial charge in [-0.05, 0) is 63.7 Å². The van der Waals surface area contributed by atoms with Gasteiger partial charge in [0.05, 0.1) is 20.3 Å². The maximum Gasteiger partial charge on any atom is 0.192 e. The molecule has 1 aliphatic rings. The van der Waals surface area contributed by atoms with Crippen molar-refractivity contribution in [2.75, 3.05) is 14.2 Å². The van der Waals surface area contributed by atoms with Crippen LogP contribution in [0.25, 0.3) is 11.1 Å². The highest BCUT2D eigenvalue weighted by atomic mass is 28.4. The maximum atomic E-state index is 7.11. The fourth-order valence-electron chi connectivity index (χ4n) is 4.44. The van der Waals surface area contributed by atoms with Crippen LogP contribution in [-0.2, 0) is 10.8 Å². The fourth-order valence-corrected chi connectivity index (χ4v) is 5.71. The Bertz CT molecular complexity index is 1190. The second kappa shape index (κ2) is 9.44. The number of ether oxygens (including phenoxy) is 2. The standard InChI is InChI=1S/C30H36O3Si/c1-30(2,3)34(6,7)33-27-19-22-15-11-12-16-24(22)29(27)28(21-13-9-8-10-14-21)23-17-18-25(31-4)26(20-23)32-5/h8-18,20,27H,19H2,1-7H3/b29-28-. The molecule has 0 heterocycles. The molecule has 0 bridgehead atoms. The minimum Gasteiger partial charge on any atom is -0.493 e. The molecule has 0 aliphatic heterocycles. The number of methoxy groups -OCH3 is 2. The third-order valence-electron chi connectivity index (χ3n) is 7.28. The van der Waals surface area contributed by atoms with Crippen LogP contribution in [0.4, 0.5) is 0 Å². The summed E-state index contributed by atoms with van der Waals surface area (Å²) in [5.41, 5.74) is 7.34. The lowest BCUT2D eigenvalue weighted by Crippen LogP contribution is -2.44. The van der Waals surface area contributed by atoms with Gasteiger partial charge in [0, 0.05) is 6.42 Å². The Kier molecular flexibility index (Phi) is 6.75. The summed E-state index contributed by atoms with van der Waals surface area (Å²) in [6.45, 7) is 11.6. The molecule has 34 heavy (non-hydrogen) atoms. The monoisotopic (exact) mass is 472 g/mol. The summed E-state index contributed by atoms with van der Waals surface area (Å²) in [6, 6.07) is 25.6.